The molecule has 0 aromatic heterocycles. The summed E-state index contributed by atoms with van der Waals surface area (Å²) in [5.74, 6) is 0.813. The number of aliphatic imine (C=N–C) groups is 1. The first-order valence-corrected chi connectivity index (χ1v) is 5.84. The van der Waals surface area contributed by atoms with Crippen molar-refractivity contribution in [3.05, 3.63) is 23.8 Å². The zero-order valence-electron chi connectivity index (χ0n) is 8.58. The summed E-state index contributed by atoms with van der Waals surface area (Å²) in [7, 11) is 0. The molecule has 0 fully saturated rings. The fourth-order valence-electron chi connectivity index (χ4n) is 2.89. The molecule has 0 aromatic carbocycles. The lowest BCUT2D eigenvalue weighted by atomic mass is 9.78. The van der Waals surface area contributed by atoms with E-state index in [-0.39, 0.29) is 0 Å². The Hall–Kier alpha value is -0.850. The van der Waals surface area contributed by atoms with Crippen molar-refractivity contribution in [3.63, 3.8) is 0 Å². The summed E-state index contributed by atoms with van der Waals surface area (Å²) in [6.07, 6.45) is 14.6. The van der Waals surface area contributed by atoms with Crippen molar-refractivity contribution in [1.29, 1.82) is 0 Å². The van der Waals surface area contributed by atoms with Gasteiger partial charge < -0.3 is 0 Å². The van der Waals surface area contributed by atoms with Crippen LogP contribution in [0.15, 0.2) is 28.8 Å². The highest BCUT2D eigenvalue weighted by Gasteiger charge is 2.29. The summed E-state index contributed by atoms with van der Waals surface area (Å²) in [6, 6.07) is 0.616. The van der Waals surface area contributed by atoms with Gasteiger partial charge in [0.25, 0.3) is 0 Å². The lowest BCUT2D eigenvalue weighted by molar-refractivity contribution is 0.399. The lowest BCUT2D eigenvalue weighted by Gasteiger charge is -2.33. The van der Waals surface area contributed by atoms with E-state index in [1.165, 1.54) is 44.2 Å². The number of rotatable bonds is 0. The first kappa shape index (κ1) is 8.46. The van der Waals surface area contributed by atoms with Crippen LogP contribution < -0.4 is 0 Å². The molecule has 2 unspecified atom stereocenters. The topological polar surface area (TPSA) is 12.4 Å². The van der Waals surface area contributed by atoms with Crippen molar-refractivity contribution in [1.82, 2.24) is 0 Å². The van der Waals surface area contributed by atoms with Crippen LogP contribution >= 0.6 is 0 Å². The molecule has 3 rings (SSSR count). The minimum absolute atomic E-state index is 0.616. The van der Waals surface area contributed by atoms with Crippen molar-refractivity contribution >= 4 is 5.71 Å². The molecule has 0 amide bonds. The molecule has 2 atom stereocenters. The number of hydrogen-bond acceptors (Lipinski definition) is 1. The molecule has 0 bridgehead atoms. The number of fused-ring (bicyclic) bond motifs is 2. The Bertz CT molecular complexity index is 322. The fraction of sp³-hybridized carbons (Fsp3) is 0.615. The molecule has 0 spiro atoms. The smallest absolute Gasteiger partial charge is 0.0571 e. The predicted molar refractivity (Wildman–Crippen MR) is 59.6 cm³/mol. The maximum atomic E-state index is 4.92. The molecule has 0 radical (unpaired) electrons. The average molecular weight is 187 g/mol. The van der Waals surface area contributed by atoms with Gasteiger partial charge in [0.15, 0.2) is 0 Å². The molecule has 1 aliphatic heterocycles. The Morgan fingerprint density at radius 1 is 1.21 bits per heavy atom. The molecule has 1 nitrogen and oxygen atoms in total. The highest BCUT2D eigenvalue weighted by atomic mass is 14.8. The maximum absolute atomic E-state index is 4.92. The van der Waals surface area contributed by atoms with Crippen LogP contribution in [0.25, 0.3) is 0 Å². The minimum atomic E-state index is 0.616. The van der Waals surface area contributed by atoms with E-state index in [4.69, 9.17) is 4.99 Å². The summed E-state index contributed by atoms with van der Waals surface area (Å²) >= 11 is 0. The second kappa shape index (κ2) is 3.38. The normalized spacial score (nSPS) is 35.4. The maximum Gasteiger partial charge on any atom is 0.0571 e. The zero-order valence-corrected chi connectivity index (χ0v) is 8.58. The Morgan fingerprint density at radius 3 is 3.14 bits per heavy atom. The van der Waals surface area contributed by atoms with Crippen molar-refractivity contribution < 1.29 is 0 Å². The Morgan fingerprint density at radius 2 is 2.14 bits per heavy atom. The monoisotopic (exact) mass is 187 g/mol. The Labute approximate surface area is 85.6 Å². The van der Waals surface area contributed by atoms with Crippen molar-refractivity contribution in [3.8, 4) is 0 Å². The second-order valence-electron chi connectivity index (χ2n) is 4.67. The predicted octanol–water partition coefficient (Wildman–Crippen LogP) is 3.28. The fourth-order valence-corrected chi connectivity index (χ4v) is 2.89. The number of hydrogen-bond donors (Lipinski definition) is 0. The van der Waals surface area contributed by atoms with Gasteiger partial charge in [-0.2, -0.15) is 0 Å². The van der Waals surface area contributed by atoms with Crippen LogP contribution in [0.2, 0.25) is 0 Å². The molecule has 1 heterocycles. The Kier molecular flexibility index (Phi) is 2.04. The first-order valence-electron chi connectivity index (χ1n) is 5.84. The number of allylic oxidation sites excluding steroid dienone is 3. The SMILES string of the molecule is C1=CCC2N=C3CCCC=C3CC2C1. The van der Waals surface area contributed by atoms with E-state index >= 15 is 0 Å². The third-order valence-corrected chi connectivity index (χ3v) is 3.71. The molecule has 14 heavy (non-hydrogen) atoms. The average Bonchev–Trinajstić information content (AvgIpc) is 2.26. The van der Waals surface area contributed by atoms with Gasteiger partial charge in [0, 0.05) is 5.71 Å². The van der Waals surface area contributed by atoms with Crippen LogP contribution in [0.1, 0.15) is 38.5 Å². The molecule has 74 valence electrons. The van der Waals surface area contributed by atoms with Gasteiger partial charge in [-0.3, -0.25) is 4.99 Å². The zero-order chi connectivity index (χ0) is 9.38. The van der Waals surface area contributed by atoms with Gasteiger partial charge in [0.05, 0.1) is 6.04 Å². The third kappa shape index (κ3) is 1.35. The van der Waals surface area contributed by atoms with E-state index < -0.39 is 0 Å². The van der Waals surface area contributed by atoms with Crippen LogP contribution in [0.5, 0.6) is 0 Å². The van der Waals surface area contributed by atoms with Gasteiger partial charge in [-0.15, -0.1) is 0 Å². The van der Waals surface area contributed by atoms with Crippen LogP contribution in [-0.4, -0.2) is 11.8 Å². The van der Waals surface area contributed by atoms with Gasteiger partial charge in [0.2, 0.25) is 0 Å². The van der Waals surface area contributed by atoms with Crippen LogP contribution in [0, 0.1) is 5.92 Å². The highest BCUT2D eigenvalue weighted by Crippen LogP contribution is 2.35. The molecular formula is C13H17N. The van der Waals surface area contributed by atoms with Gasteiger partial charge in [-0.1, -0.05) is 18.2 Å². The lowest BCUT2D eigenvalue weighted by Crippen LogP contribution is -2.29. The van der Waals surface area contributed by atoms with Gasteiger partial charge >= 0.3 is 0 Å². The van der Waals surface area contributed by atoms with Crippen molar-refractivity contribution in [2.75, 3.05) is 0 Å². The standard InChI is InChI=1S/C13H17N/c1-3-7-12-10(5-1)9-11-6-2-4-8-13(11)14-12/h1,3,6,10,12H,2,4-5,7-9H2. The van der Waals surface area contributed by atoms with Crippen molar-refractivity contribution in [2.24, 2.45) is 10.9 Å². The molecule has 0 N–H and O–H groups in total. The largest absolute Gasteiger partial charge is 0.286 e. The summed E-state index contributed by atoms with van der Waals surface area (Å²) < 4.78 is 0. The van der Waals surface area contributed by atoms with Gasteiger partial charge in [-0.05, 0) is 50.0 Å². The van der Waals surface area contributed by atoms with E-state index in [9.17, 15) is 0 Å². The minimum Gasteiger partial charge on any atom is -0.286 e. The molecule has 1 heteroatoms. The van der Waals surface area contributed by atoms with Crippen LogP contribution in [-0.2, 0) is 0 Å². The summed E-state index contributed by atoms with van der Waals surface area (Å²) in [5.41, 5.74) is 3.01. The highest BCUT2D eigenvalue weighted by molar-refractivity contribution is 6.01. The summed E-state index contributed by atoms with van der Waals surface area (Å²) in [6.45, 7) is 0. The summed E-state index contributed by atoms with van der Waals surface area (Å²) in [5, 5.41) is 0. The van der Waals surface area contributed by atoms with Crippen LogP contribution in [0.3, 0.4) is 0 Å². The quantitative estimate of drug-likeness (QED) is 0.516. The summed E-state index contributed by atoms with van der Waals surface area (Å²) in [4.78, 5) is 4.92. The van der Waals surface area contributed by atoms with E-state index in [1.807, 2.05) is 0 Å². The van der Waals surface area contributed by atoms with E-state index in [0.29, 0.717) is 6.04 Å². The molecule has 0 aromatic rings. The van der Waals surface area contributed by atoms with Crippen molar-refractivity contribution in [2.45, 2.75) is 44.6 Å². The molecule has 0 saturated heterocycles. The number of nitrogens with zero attached hydrogens (tertiary/aromatic N) is 1. The molecular weight excluding hydrogens is 170 g/mol. The molecule has 2 aliphatic carbocycles. The molecule has 3 aliphatic rings. The van der Waals surface area contributed by atoms with Gasteiger partial charge in [0.1, 0.15) is 0 Å². The van der Waals surface area contributed by atoms with E-state index in [2.05, 4.69) is 18.2 Å². The van der Waals surface area contributed by atoms with E-state index in [1.54, 1.807) is 5.57 Å². The van der Waals surface area contributed by atoms with Gasteiger partial charge in [-0.25, -0.2) is 0 Å². The second-order valence-corrected chi connectivity index (χ2v) is 4.67. The third-order valence-electron chi connectivity index (χ3n) is 3.71. The van der Waals surface area contributed by atoms with Crippen LogP contribution in [0.4, 0.5) is 0 Å². The first-order chi connectivity index (χ1) is 6.93. The molecule has 0 saturated carbocycles. The Balaban J connectivity index is 1.92. The van der Waals surface area contributed by atoms with E-state index in [0.717, 1.165) is 5.92 Å².